The lowest BCUT2D eigenvalue weighted by atomic mass is 9.60. The predicted molar refractivity (Wildman–Crippen MR) is 135 cm³/mol. The van der Waals surface area contributed by atoms with Gasteiger partial charge in [-0.2, -0.15) is 0 Å². The predicted octanol–water partition coefficient (Wildman–Crippen LogP) is 9.27. The summed E-state index contributed by atoms with van der Waals surface area (Å²) in [5.41, 5.74) is 3.11. The maximum Gasteiger partial charge on any atom is -0.0159 e. The molecule has 0 heteroatoms. The first kappa shape index (κ1) is 22.9. The third-order valence-electron chi connectivity index (χ3n) is 9.28. The van der Waals surface area contributed by atoms with Crippen molar-refractivity contribution >= 4 is 0 Å². The summed E-state index contributed by atoms with van der Waals surface area (Å²) in [5, 5.41) is 0. The standard InChI is InChI=1S/C31H46/c1-3-5-7-9-25-12-16-27(17-13-25)29-19-21-30-22-28(18-20-31(30)23-29)26-14-10-24(11-15-26)8-6-4-2/h3-5,12-13,16-17,24,26,28-31H,2,6-11,14-15,18-23H2,1H3/b5-3+. The van der Waals surface area contributed by atoms with Gasteiger partial charge < -0.3 is 0 Å². The summed E-state index contributed by atoms with van der Waals surface area (Å²) >= 11 is 0. The molecule has 4 rings (SSSR count). The second kappa shape index (κ2) is 11.5. The molecule has 0 saturated heterocycles. The first-order valence-electron chi connectivity index (χ1n) is 13.6. The van der Waals surface area contributed by atoms with E-state index in [1.54, 1.807) is 12.0 Å². The van der Waals surface area contributed by atoms with Crippen molar-refractivity contribution in [3.8, 4) is 0 Å². The molecule has 3 aliphatic rings. The highest BCUT2D eigenvalue weighted by Crippen LogP contribution is 2.51. The van der Waals surface area contributed by atoms with Crippen LogP contribution in [0.15, 0.2) is 49.1 Å². The van der Waals surface area contributed by atoms with Crippen LogP contribution >= 0.6 is 0 Å². The molecule has 0 nitrogen and oxygen atoms in total. The largest absolute Gasteiger partial charge is 0.103 e. The Hall–Kier alpha value is -1.30. The van der Waals surface area contributed by atoms with Crippen molar-refractivity contribution in [2.24, 2.45) is 29.6 Å². The molecule has 0 heterocycles. The molecule has 0 aliphatic heterocycles. The van der Waals surface area contributed by atoms with Gasteiger partial charge in [0.25, 0.3) is 0 Å². The van der Waals surface area contributed by atoms with E-state index in [1.807, 2.05) is 0 Å². The van der Waals surface area contributed by atoms with Gasteiger partial charge in [0, 0.05) is 0 Å². The summed E-state index contributed by atoms with van der Waals surface area (Å²) in [6.07, 6.45) is 26.5. The fourth-order valence-corrected chi connectivity index (χ4v) is 7.33. The Labute approximate surface area is 192 Å². The second-order valence-electron chi connectivity index (χ2n) is 11.1. The molecular weight excluding hydrogens is 372 g/mol. The minimum absolute atomic E-state index is 0.822. The SMILES string of the molecule is C=CCCC1CCC(C2CCC3CC(c4ccc(CC/C=C/C)cc4)CCC3C2)CC1. The first-order chi connectivity index (χ1) is 15.3. The molecule has 3 fully saturated rings. The van der Waals surface area contributed by atoms with Crippen molar-refractivity contribution in [3.05, 3.63) is 60.2 Å². The van der Waals surface area contributed by atoms with E-state index in [0.29, 0.717) is 0 Å². The number of fused-ring (bicyclic) bond motifs is 1. The minimum Gasteiger partial charge on any atom is -0.103 e. The molecule has 4 atom stereocenters. The number of rotatable bonds is 8. The van der Waals surface area contributed by atoms with Crippen LogP contribution in [0.1, 0.15) is 107 Å². The maximum absolute atomic E-state index is 3.91. The lowest BCUT2D eigenvalue weighted by Gasteiger charge is -2.45. The molecular formula is C31H46. The van der Waals surface area contributed by atoms with Gasteiger partial charge in [0.2, 0.25) is 0 Å². The lowest BCUT2D eigenvalue weighted by molar-refractivity contribution is 0.0713. The molecule has 0 bridgehead atoms. The third-order valence-corrected chi connectivity index (χ3v) is 9.28. The van der Waals surface area contributed by atoms with Crippen molar-refractivity contribution in [3.63, 3.8) is 0 Å². The fraction of sp³-hybridized carbons (Fsp3) is 0.677. The highest BCUT2D eigenvalue weighted by atomic mass is 14.4. The Balaban J connectivity index is 1.24. The van der Waals surface area contributed by atoms with Crippen LogP contribution in [0.2, 0.25) is 0 Å². The molecule has 0 aromatic heterocycles. The quantitative estimate of drug-likeness (QED) is 0.369. The molecule has 170 valence electrons. The van der Waals surface area contributed by atoms with E-state index < -0.39 is 0 Å². The Bertz CT molecular complexity index is 687. The van der Waals surface area contributed by atoms with Crippen molar-refractivity contribution in [2.45, 2.75) is 103 Å². The van der Waals surface area contributed by atoms with Crippen LogP contribution in [0, 0.1) is 29.6 Å². The highest BCUT2D eigenvalue weighted by Gasteiger charge is 2.38. The van der Waals surface area contributed by atoms with Crippen LogP contribution in [0.5, 0.6) is 0 Å². The molecule has 3 saturated carbocycles. The lowest BCUT2D eigenvalue weighted by Crippen LogP contribution is -2.34. The van der Waals surface area contributed by atoms with Crippen molar-refractivity contribution in [2.75, 3.05) is 0 Å². The number of hydrogen-bond acceptors (Lipinski definition) is 0. The zero-order valence-corrected chi connectivity index (χ0v) is 20.1. The normalized spacial score (nSPS) is 33.8. The van der Waals surface area contributed by atoms with Gasteiger partial charge >= 0.3 is 0 Å². The summed E-state index contributed by atoms with van der Waals surface area (Å²) in [4.78, 5) is 0. The van der Waals surface area contributed by atoms with Crippen molar-refractivity contribution in [1.29, 1.82) is 0 Å². The highest BCUT2D eigenvalue weighted by molar-refractivity contribution is 5.26. The summed E-state index contributed by atoms with van der Waals surface area (Å²) in [6, 6.07) is 9.69. The molecule has 0 amide bonds. The fourth-order valence-electron chi connectivity index (χ4n) is 7.33. The summed E-state index contributed by atoms with van der Waals surface area (Å²) in [7, 11) is 0. The van der Waals surface area contributed by atoms with Gasteiger partial charge in [-0.3, -0.25) is 0 Å². The van der Waals surface area contributed by atoms with E-state index in [2.05, 4.69) is 56.0 Å². The van der Waals surface area contributed by atoms with Crippen LogP contribution < -0.4 is 0 Å². The molecule has 0 radical (unpaired) electrons. The number of allylic oxidation sites excluding steroid dienone is 3. The maximum atomic E-state index is 3.91. The molecule has 31 heavy (non-hydrogen) atoms. The zero-order chi connectivity index (χ0) is 21.5. The molecule has 4 unspecified atom stereocenters. The van der Waals surface area contributed by atoms with Gasteiger partial charge in [0.05, 0.1) is 0 Å². The van der Waals surface area contributed by atoms with E-state index in [-0.39, 0.29) is 0 Å². The summed E-state index contributed by atoms with van der Waals surface area (Å²) < 4.78 is 0. The Kier molecular flexibility index (Phi) is 8.51. The Morgan fingerprint density at radius 2 is 1.42 bits per heavy atom. The van der Waals surface area contributed by atoms with Gasteiger partial charge in [0.1, 0.15) is 0 Å². The van der Waals surface area contributed by atoms with E-state index in [4.69, 9.17) is 0 Å². The summed E-state index contributed by atoms with van der Waals surface area (Å²) in [5.74, 6) is 5.96. The van der Waals surface area contributed by atoms with E-state index in [1.165, 1.54) is 89.0 Å². The molecule has 0 N–H and O–H groups in total. The van der Waals surface area contributed by atoms with Gasteiger partial charge in [0.15, 0.2) is 0 Å². The van der Waals surface area contributed by atoms with Gasteiger partial charge in [-0.15, -0.1) is 6.58 Å². The zero-order valence-electron chi connectivity index (χ0n) is 20.1. The smallest absolute Gasteiger partial charge is 0.0159 e. The van der Waals surface area contributed by atoms with Gasteiger partial charge in [-0.1, -0.05) is 55.3 Å². The van der Waals surface area contributed by atoms with Crippen molar-refractivity contribution in [1.82, 2.24) is 0 Å². The van der Waals surface area contributed by atoms with Crippen molar-refractivity contribution < 1.29 is 0 Å². The monoisotopic (exact) mass is 418 g/mol. The molecule has 1 aromatic rings. The van der Waals surface area contributed by atoms with Crippen LogP contribution in [0.3, 0.4) is 0 Å². The van der Waals surface area contributed by atoms with Crippen LogP contribution in [0.4, 0.5) is 0 Å². The summed E-state index contributed by atoms with van der Waals surface area (Å²) in [6.45, 7) is 6.03. The molecule has 3 aliphatic carbocycles. The van der Waals surface area contributed by atoms with Crippen LogP contribution in [0.25, 0.3) is 0 Å². The molecule has 1 aromatic carbocycles. The first-order valence-corrected chi connectivity index (χ1v) is 13.6. The molecule has 0 spiro atoms. The van der Waals surface area contributed by atoms with Crippen LogP contribution in [-0.4, -0.2) is 0 Å². The minimum atomic E-state index is 0.822. The Morgan fingerprint density at radius 3 is 2.13 bits per heavy atom. The van der Waals surface area contributed by atoms with E-state index >= 15 is 0 Å². The topological polar surface area (TPSA) is 0 Å². The van der Waals surface area contributed by atoms with E-state index in [0.717, 1.165) is 35.5 Å². The number of hydrogen-bond donors (Lipinski definition) is 0. The Morgan fingerprint density at radius 1 is 0.774 bits per heavy atom. The average Bonchev–Trinajstić information content (AvgIpc) is 2.83. The third kappa shape index (κ3) is 6.15. The average molecular weight is 419 g/mol. The number of aryl methyl sites for hydroxylation is 1. The van der Waals surface area contributed by atoms with E-state index in [9.17, 15) is 0 Å². The number of benzene rings is 1. The van der Waals surface area contributed by atoms with Gasteiger partial charge in [-0.25, -0.2) is 0 Å². The van der Waals surface area contributed by atoms with Gasteiger partial charge in [-0.05, 0) is 131 Å². The second-order valence-corrected chi connectivity index (χ2v) is 11.1. The van der Waals surface area contributed by atoms with Crippen LogP contribution in [-0.2, 0) is 6.42 Å².